The number of rotatable bonds is 6. The van der Waals surface area contributed by atoms with Crippen LogP contribution in [0.25, 0.3) is 0 Å². The number of amides is 1. The Labute approximate surface area is 112 Å². The zero-order chi connectivity index (χ0) is 14.4. The third-order valence-electron chi connectivity index (χ3n) is 2.61. The number of aliphatic carboxylic acids is 1. The van der Waals surface area contributed by atoms with Crippen LogP contribution in [0.15, 0.2) is 24.3 Å². The fourth-order valence-electron chi connectivity index (χ4n) is 1.71. The number of hydrogen-bond donors (Lipinski definition) is 1. The van der Waals surface area contributed by atoms with Gasteiger partial charge >= 0.3 is 5.97 Å². The molecule has 1 amide bonds. The molecule has 19 heavy (non-hydrogen) atoms. The first-order chi connectivity index (χ1) is 8.97. The van der Waals surface area contributed by atoms with E-state index in [4.69, 9.17) is 9.84 Å². The SMILES string of the molecule is CCOc1ccccc1C(=O)N(CC(=O)O)C(C)C. The Hall–Kier alpha value is -2.04. The van der Waals surface area contributed by atoms with Gasteiger partial charge in [-0.15, -0.1) is 0 Å². The van der Waals surface area contributed by atoms with Crippen LogP contribution in [0.2, 0.25) is 0 Å². The van der Waals surface area contributed by atoms with Gasteiger partial charge in [0.1, 0.15) is 12.3 Å². The molecule has 0 heterocycles. The first kappa shape index (κ1) is 15.0. The second-order valence-electron chi connectivity index (χ2n) is 4.35. The van der Waals surface area contributed by atoms with Gasteiger partial charge in [-0.25, -0.2) is 0 Å². The highest BCUT2D eigenvalue weighted by Crippen LogP contribution is 2.20. The second-order valence-corrected chi connectivity index (χ2v) is 4.35. The fraction of sp³-hybridized carbons (Fsp3) is 0.429. The van der Waals surface area contributed by atoms with E-state index in [-0.39, 0.29) is 18.5 Å². The van der Waals surface area contributed by atoms with Crippen LogP contribution in [0.3, 0.4) is 0 Å². The number of carbonyl (C=O) groups is 2. The zero-order valence-corrected chi connectivity index (χ0v) is 11.4. The molecule has 0 aliphatic heterocycles. The number of carbonyl (C=O) groups excluding carboxylic acids is 1. The third kappa shape index (κ3) is 3.98. The summed E-state index contributed by atoms with van der Waals surface area (Å²) in [6.45, 7) is 5.52. The summed E-state index contributed by atoms with van der Waals surface area (Å²) in [7, 11) is 0. The predicted molar refractivity (Wildman–Crippen MR) is 71.4 cm³/mol. The van der Waals surface area contributed by atoms with Crippen molar-refractivity contribution >= 4 is 11.9 Å². The minimum Gasteiger partial charge on any atom is -0.493 e. The normalized spacial score (nSPS) is 10.3. The average Bonchev–Trinajstić information content (AvgIpc) is 2.36. The smallest absolute Gasteiger partial charge is 0.323 e. The largest absolute Gasteiger partial charge is 0.493 e. The highest BCUT2D eigenvalue weighted by Gasteiger charge is 2.23. The summed E-state index contributed by atoms with van der Waals surface area (Å²) < 4.78 is 5.40. The van der Waals surface area contributed by atoms with E-state index in [1.165, 1.54) is 4.90 Å². The van der Waals surface area contributed by atoms with Gasteiger partial charge in [0.05, 0.1) is 12.2 Å². The number of para-hydroxylation sites is 1. The summed E-state index contributed by atoms with van der Waals surface area (Å²) >= 11 is 0. The molecule has 0 saturated carbocycles. The molecule has 1 aromatic carbocycles. The van der Waals surface area contributed by atoms with Gasteiger partial charge in [-0.05, 0) is 32.9 Å². The fourth-order valence-corrected chi connectivity index (χ4v) is 1.71. The molecule has 1 aromatic rings. The van der Waals surface area contributed by atoms with Gasteiger partial charge in [-0.2, -0.15) is 0 Å². The maximum Gasteiger partial charge on any atom is 0.323 e. The number of ether oxygens (including phenoxy) is 1. The number of carboxylic acids is 1. The summed E-state index contributed by atoms with van der Waals surface area (Å²) in [6, 6.07) is 6.66. The predicted octanol–water partition coefficient (Wildman–Crippen LogP) is 2.02. The Morgan fingerprint density at radius 1 is 1.32 bits per heavy atom. The quantitative estimate of drug-likeness (QED) is 0.854. The van der Waals surface area contributed by atoms with Crippen LogP contribution in [-0.2, 0) is 4.79 Å². The lowest BCUT2D eigenvalue weighted by Gasteiger charge is -2.25. The zero-order valence-electron chi connectivity index (χ0n) is 11.4. The summed E-state index contributed by atoms with van der Waals surface area (Å²) in [5.74, 6) is -0.886. The Balaban J connectivity index is 3.05. The monoisotopic (exact) mass is 265 g/mol. The van der Waals surface area contributed by atoms with E-state index in [1.54, 1.807) is 38.1 Å². The summed E-state index contributed by atoms with van der Waals surface area (Å²) in [4.78, 5) is 24.5. The van der Waals surface area contributed by atoms with E-state index < -0.39 is 5.97 Å². The molecule has 0 radical (unpaired) electrons. The number of hydrogen-bond acceptors (Lipinski definition) is 3. The maximum atomic E-state index is 12.4. The molecule has 104 valence electrons. The molecule has 0 aliphatic carbocycles. The van der Waals surface area contributed by atoms with Crippen LogP contribution in [0.4, 0.5) is 0 Å². The second kappa shape index (κ2) is 6.78. The Kier molecular flexibility index (Phi) is 5.36. The molecule has 0 atom stereocenters. The minimum absolute atomic E-state index is 0.196. The van der Waals surface area contributed by atoms with Gasteiger partial charge in [0, 0.05) is 6.04 Å². The van der Waals surface area contributed by atoms with Crippen molar-refractivity contribution in [1.82, 2.24) is 4.90 Å². The lowest BCUT2D eigenvalue weighted by molar-refractivity contribution is -0.138. The molecule has 0 fully saturated rings. The van der Waals surface area contributed by atoms with E-state index in [0.29, 0.717) is 17.9 Å². The Morgan fingerprint density at radius 3 is 2.47 bits per heavy atom. The van der Waals surface area contributed by atoms with Crippen LogP contribution in [0, 0.1) is 0 Å². The van der Waals surface area contributed by atoms with Gasteiger partial charge in [0.25, 0.3) is 5.91 Å². The van der Waals surface area contributed by atoms with Crippen LogP contribution >= 0.6 is 0 Å². The Bertz CT molecular complexity index is 457. The van der Waals surface area contributed by atoms with E-state index in [1.807, 2.05) is 6.92 Å². The standard InChI is InChI=1S/C14H19NO4/c1-4-19-12-8-6-5-7-11(12)14(18)15(10(2)3)9-13(16)17/h5-8,10H,4,9H2,1-3H3,(H,16,17). The lowest BCUT2D eigenvalue weighted by atomic mass is 10.1. The molecule has 0 unspecified atom stereocenters. The highest BCUT2D eigenvalue weighted by molar-refractivity contribution is 5.98. The average molecular weight is 265 g/mol. The minimum atomic E-state index is -1.03. The number of nitrogens with zero attached hydrogens (tertiary/aromatic N) is 1. The van der Waals surface area contributed by atoms with E-state index in [0.717, 1.165) is 0 Å². The Morgan fingerprint density at radius 2 is 1.95 bits per heavy atom. The molecule has 5 nitrogen and oxygen atoms in total. The first-order valence-corrected chi connectivity index (χ1v) is 6.22. The molecule has 0 saturated heterocycles. The molecular weight excluding hydrogens is 246 g/mol. The van der Waals surface area contributed by atoms with Gasteiger partial charge in [-0.3, -0.25) is 9.59 Å². The van der Waals surface area contributed by atoms with Gasteiger partial charge in [-0.1, -0.05) is 12.1 Å². The van der Waals surface area contributed by atoms with Crippen molar-refractivity contribution in [1.29, 1.82) is 0 Å². The molecule has 0 spiro atoms. The summed E-state index contributed by atoms with van der Waals surface area (Å²) in [6.07, 6.45) is 0. The van der Waals surface area contributed by atoms with Crippen molar-refractivity contribution in [2.75, 3.05) is 13.2 Å². The lowest BCUT2D eigenvalue weighted by Crippen LogP contribution is -2.40. The van der Waals surface area contributed by atoms with E-state index in [9.17, 15) is 9.59 Å². The summed E-state index contributed by atoms with van der Waals surface area (Å²) in [5, 5.41) is 8.88. The highest BCUT2D eigenvalue weighted by atomic mass is 16.5. The third-order valence-corrected chi connectivity index (χ3v) is 2.61. The molecule has 1 rings (SSSR count). The topological polar surface area (TPSA) is 66.8 Å². The van der Waals surface area contributed by atoms with E-state index in [2.05, 4.69) is 0 Å². The molecule has 0 bridgehead atoms. The van der Waals surface area contributed by atoms with Crippen molar-refractivity contribution in [3.8, 4) is 5.75 Å². The molecule has 0 aliphatic rings. The molecule has 0 aromatic heterocycles. The van der Waals surface area contributed by atoms with Crippen LogP contribution < -0.4 is 4.74 Å². The first-order valence-electron chi connectivity index (χ1n) is 6.22. The van der Waals surface area contributed by atoms with E-state index >= 15 is 0 Å². The van der Waals surface area contributed by atoms with Gasteiger partial charge in [0.15, 0.2) is 0 Å². The number of carboxylic acid groups (broad SMARTS) is 1. The van der Waals surface area contributed by atoms with Crippen molar-refractivity contribution in [2.45, 2.75) is 26.8 Å². The van der Waals surface area contributed by atoms with Crippen LogP contribution in [0.5, 0.6) is 5.75 Å². The van der Waals surface area contributed by atoms with Crippen LogP contribution in [-0.4, -0.2) is 41.1 Å². The van der Waals surface area contributed by atoms with Crippen molar-refractivity contribution in [3.05, 3.63) is 29.8 Å². The van der Waals surface area contributed by atoms with Crippen LogP contribution in [0.1, 0.15) is 31.1 Å². The molecular formula is C14H19NO4. The number of benzene rings is 1. The molecule has 1 N–H and O–H groups in total. The molecule has 5 heteroatoms. The van der Waals surface area contributed by atoms with Gasteiger partial charge < -0.3 is 14.7 Å². The summed E-state index contributed by atoms with van der Waals surface area (Å²) in [5.41, 5.74) is 0.388. The van der Waals surface area contributed by atoms with Crippen molar-refractivity contribution < 1.29 is 19.4 Å². The maximum absolute atomic E-state index is 12.4. The van der Waals surface area contributed by atoms with Crippen molar-refractivity contribution in [3.63, 3.8) is 0 Å². The van der Waals surface area contributed by atoms with Gasteiger partial charge in [0.2, 0.25) is 0 Å². The van der Waals surface area contributed by atoms with Crippen molar-refractivity contribution in [2.24, 2.45) is 0 Å².